The number of allylic oxidation sites excluding steroid dienone is 1. The molecule has 0 aromatic carbocycles. The van der Waals surface area contributed by atoms with E-state index in [4.69, 9.17) is 0 Å². The van der Waals surface area contributed by atoms with Crippen molar-refractivity contribution in [2.75, 3.05) is 19.6 Å². The topological polar surface area (TPSA) is 60.4 Å². The SMILES string of the molecule is CCCC/C=C/C(O)C[N+](CCCC)(CCCC)C(CC)C(=O)[O-]. The Morgan fingerprint density at radius 2 is 1.58 bits per heavy atom. The van der Waals surface area contributed by atoms with Crippen LogP contribution in [-0.2, 0) is 4.79 Å². The molecule has 0 aromatic rings. The second-order valence-corrected chi connectivity index (χ2v) is 6.94. The van der Waals surface area contributed by atoms with Crippen LogP contribution in [0.2, 0.25) is 0 Å². The molecule has 0 saturated carbocycles. The van der Waals surface area contributed by atoms with Gasteiger partial charge in [-0.3, -0.25) is 0 Å². The van der Waals surface area contributed by atoms with Crippen molar-refractivity contribution in [3.05, 3.63) is 12.2 Å². The van der Waals surface area contributed by atoms with Crippen LogP contribution < -0.4 is 5.11 Å². The molecule has 0 radical (unpaired) electrons. The van der Waals surface area contributed by atoms with Crippen LogP contribution in [0.25, 0.3) is 0 Å². The Balaban J connectivity index is 5.28. The predicted molar refractivity (Wildman–Crippen MR) is 98.4 cm³/mol. The van der Waals surface area contributed by atoms with Gasteiger partial charge in [0, 0.05) is 6.42 Å². The van der Waals surface area contributed by atoms with Gasteiger partial charge in [0.15, 0.2) is 0 Å². The lowest BCUT2D eigenvalue weighted by molar-refractivity contribution is -0.947. The largest absolute Gasteiger partial charge is 0.544 e. The zero-order chi connectivity index (χ0) is 18.4. The third kappa shape index (κ3) is 8.29. The van der Waals surface area contributed by atoms with Crippen LogP contribution in [0, 0.1) is 0 Å². The number of carbonyl (C=O) groups excluding carboxylic acids is 1. The molecule has 0 saturated heterocycles. The second-order valence-electron chi connectivity index (χ2n) is 6.94. The van der Waals surface area contributed by atoms with Gasteiger partial charge in [0.1, 0.15) is 18.7 Å². The van der Waals surface area contributed by atoms with Gasteiger partial charge in [0.05, 0.1) is 19.1 Å². The lowest BCUT2D eigenvalue weighted by Crippen LogP contribution is -2.64. The Hall–Kier alpha value is -0.870. The molecule has 4 heteroatoms. The van der Waals surface area contributed by atoms with Crippen LogP contribution in [-0.4, -0.2) is 47.3 Å². The average molecular weight is 342 g/mol. The number of nitrogens with zero attached hydrogens (tertiary/aromatic N) is 1. The first-order valence-corrected chi connectivity index (χ1v) is 9.88. The van der Waals surface area contributed by atoms with E-state index in [-0.39, 0.29) is 0 Å². The molecule has 0 aliphatic heterocycles. The molecular formula is C20H39NO3. The number of carbonyl (C=O) groups is 1. The van der Waals surface area contributed by atoms with E-state index in [1.54, 1.807) is 0 Å². The molecule has 2 atom stereocenters. The zero-order valence-electron chi connectivity index (χ0n) is 16.3. The monoisotopic (exact) mass is 341 g/mol. The Kier molecular flexibility index (Phi) is 12.9. The highest BCUT2D eigenvalue weighted by Gasteiger charge is 2.37. The summed E-state index contributed by atoms with van der Waals surface area (Å²) in [6, 6.07) is -0.540. The number of carboxylic acids is 1. The quantitative estimate of drug-likeness (QED) is 0.283. The first-order chi connectivity index (χ1) is 11.5. The predicted octanol–water partition coefficient (Wildman–Crippen LogP) is 3.04. The first kappa shape index (κ1) is 23.1. The molecule has 0 aliphatic rings. The fourth-order valence-electron chi connectivity index (χ4n) is 3.47. The molecule has 0 amide bonds. The normalized spacial score (nSPS) is 14.9. The van der Waals surface area contributed by atoms with E-state index in [1.165, 1.54) is 0 Å². The average Bonchev–Trinajstić information content (AvgIpc) is 2.55. The molecule has 4 nitrogen and oxygen atoms in total. The summed E-state index contributed by atoms with van der Waals surface area (Å²) in [6.07, 6.45) is 11.0. The van der Waals surface area contributed by atoms with Gasteiger partial charge in [-0.2, -0.15) is 0 Å². The summed E-state index contributed by atoms with van der Waals surface area (Å²) in [5.41, 5.74) is 0. The van der Waals surface area contributed by atoms with Gasteiger partial charge < -0.3 is 19.5 Å². The smallest absolute Gasteiger partial charge is 0.129 e. The molecule has 1 N–H and O–H groups in total. The van der Waals surface area contributed by atoms with Gasteiger partial charge in [-0.05, 0) is 19.3 Å². The fraction of sp³-hybridized carbons (Fsp3) is 0.850. The summed E-state index contributed by atoms with van der Waals surface area (Å²) >= 11 is 0. The molecule has 0 rings (SSSR count). The molecule has 24 heavy (non-hydrogen) atoms. The Bertz CT molecular complexity index is 347. The van der Waals surface area contributed by atoms with Crippen molar-refractivity contribution >= 4 is 5.97 Å². The standard InChI is InChI=1S/C20H39NO3/c1-5-9-12-13-14-18(22)17-21(15-10-6-2,16-11-7-3)19(8-4)20(23)24/h13-14,18-19,22H,5-12,15-17H2,1-4H3/b14-13+. The van der Waals surface area contributed by atoms with Gasteiger partial charge in [0.25, 0.3) is 0 Å². The highest BCUT2D eigenvalue weighted by molar-refractivity contribution is 5.69. The minimum absolute atomic E-state index is 0.444. The van der Waals surface area contributed by atoms with Crippen LogP contribution >= 0.6 is 0 Å². The molecule has 142 valence electrons. The summed E-state index contributed by atoms with van der Waals surface area (Å²) < 4.78 is 0.444. The van der Waals surface area contributed by atoms with Crippen molar-refractivity contribution in [1.29, 1.82) is 0 Å². The lowest BCUT2D eigenvalue weighted by atomic mass is 10.0. The third-order valence-corrected chi connectivity index (χ3v) is 4.87. The summed E-state index contributed by atoms with van der Waals surface area (Å²) in [6.45, 7) is 10.4. The summed E-state index contributed by atoms with van der Waals surface area (Å²) in [5, 5.41) is 22.3. The van der Waals surface area contributed by atoms with E-state index in [0.29, 0.717) is 17.4 Å². The number of quaternary nitrogens is 1. The Morgan fingerprint density at radius 3 is 2.00 bits per heavy atom. The van der Waals surface area contributed by atoms with E-state index >= 15 is 0 Å². The molecule has 0 aliphatic carbocycles. The number of aliphatic carboxylic acids is 1. The number of carboxylic acid groups (broad SMARTS) is 1. The van der Waals surface area contributed by atoms with Gasteiger partial charge in [-0.1, -0.05) is 65.5 Å². The minimum atomic E-state index is -0.980. The van der Waals surface area contributed by atoms with Crippen molar-refractivity contribution < 1.29 is 19.5 Å². The van der Waals surface area contributed by atoms with E-state index < -0.39 is 18.1 Å². The number of rotatable bonds is 15. The van der Waals surface area contributed by atoms with Gasteiger partial charge in [-0.25, -0.2) is 0 Å². The van der Waals surface area contributed by atoms with Crippen molar-refractivity contribution in [3.63, 3.8) is 0 Å². The molecule has 0 fully saturated rings. The molecule has 2 unspecified atom stereocenters. The maximum atomic E-state index is 11.8. The first-order valence-electron chi connectivity index (χ1n) is 9.88. The van der Waals surface area contributed by atoms with Crippen molar-refractivity contribution in [3.8, 4) is 0 Å². The number of aliphatic hydroxyl groups is 1. The van der Waals surface area contributed by atoms with Gasteiger partial charge >= 0.3 is 0 Å². The van der Waals surface area contributed by atoms with Crippen molar-refractivity contribution in [2.24, 2.45) is 0 Å². The van der Waals surface area contributed by atoms with Gasteiger partial charge in [-0.15, -0.1) is 0 Å². The van der Waals surface area contributed by atoms with Crippen LogP contribution in [0.1, 0.15) is 79.1 Å². The highest BCUT2D eigenvalue weighted by Crippen LogP contribution is 2.22. The zero-order valence-corrected chi connectivity index (χ0v) is 16.3. The fourth-order valence-corrected chi connectivity index (χ4v) is 3.47. The van der Waals surface area contributed by atoms with Crippen LogP contribution in [0.5, 0.6) is 0 Å². The van der Waals surface area contributed by atoms with E-state index in [1.807, 2.05) is 19.1 Å². The third-order valence-electron chi connectivity index (χ3n) is 4.87. The minimum Gasteiger partial charge on any atom is -0.544 e. The number of hydrogen-bond acceptors (Lipinski definition) is 3. The molecule has 0 aromatic heterocycles. The molecular weight excluding hydrogens is 302 g/mol. The van der Waals surface area contributed by atoms with E-state index in [9.17, 15) is 15.0 Å². The molecule has 0 bridgehead atoms. The maximum Gasteiger partial charge on any atom is 0.129 e. The van der Waals surface area contributed by atoms with E-state index in [2.05, 4.69) is 20.8 Å². The van der Waals surface area contributed by atoms with Crippen molar-refractivity contribution in [1.82, 2.24) is 0 Å². The summed E-state index contributed by atoms with van der Waals surface area (Å²) in [5.74, 6) is -0.980. The van der Waals surface area contributed by atoms with Crippen molar-refractivity contribution in [2.45, 2.75) is 91.2 Å². The number of unbranched alkanes of at least 4 members (excludes halogenated alkanes) is 4. The van der Waals surface area contributed by atoms with Crippen LogP contribution in [0.15, 0.2) is 12.2 Å². The summed E-state index contributed by atoms with van der Waals surface area (Å²) in [4.78, 5) is 11.8. The Labute approximate surface area is 149 Å². The molecule has 0 heterocycles. The lowest BCUT2D eigenvalue weighted by Gasteiger charge is -2.46. The Morgan fingerprint density at radius 1 is 1.04 bits per heavy atom. The second kappa shape index (κ2) is 13.4. The maximum absolute atomic E-state index is 11.8. The highest BCUT2D eigenvalue weighted by atomic mass is 16.4. The number of hydrogen-bond donors (Lipinski definition) is 1. The van der Waals surface area contributed by atoms with Gasteiger partial charge in [0.2, 0.25) is 0 Å². The van der Waals surface area contributed by atoms with Crippen LogP contribution in [0.4, 0.5) is 0 Å². The van der Waals surface area contributed by atoms with E-state index in [0.717, 1.165) is 58.0 Å². The van der Waals surface area contributed by atoms with Crippen LogP contribution in [0.3, 0.4) is 0 Å². The summed E-state index contributed by atoms with van der Waals surface area (Å²) in [7, 11) is 0. The number of aliphatic hydroxyl groups excluding tert-OH is 1. The molecule has 0 spiro atoms.